The highest BCUT2D eigenvalue weighted by atomic mass is 32.2. The van der Waals surface area contributed by atoms with Gasteiger partial charge in [-0.2, -0.15) is 0 Å². The van der Waals surface area contributed by atoms with Gasteiger partial charge in [0.2, 0.25) is 5.56 Å². The van der Waals surface area contributed by atoms with E-state index in [1.807, 2.05) is 24.3 Å². The van der Waals surface area contributed by atoms with Gasteiger partial charge in [0.25, 0.3) is 0 Å². The van der Waals surface area contributed by atoms with E-state index in [9.17, 15) is 9.18 Å². The van der Waals surface area contributed by atoms with Gasteiger partial charge < -0.3 is 9.72 Å². The van der Waals surface area contributed by atoms with E-state index in [4.69, 9.17) is 4.74 Å². The maximum Gasteiger partial charge on any atom is 0.249 e. The van der Waals surface area contributed by atoms with Crippen molar-refractivity contribution in [2.45, 2.75) is 36.5 Å². The minimum Gasteiger partial charge on any atom is -0.457 e. The molecule has 0 fully saturated rings. The molecule has 4 rings (SSSR count). The van der Waals surface area contributed by atoms with Crippen molar-refractivity contribution in [1.29, 1.82) is 0 Å². The second-order valence-electron chi connectivity index (χ2n) is 6.67. The van der Waals surface area contributed by atoms with Crippen LogP contribution in [0, 0.1) is 5.82 Å². The zero-order chi connectivity index (χ0) is 18.6. The molecule has 3 aromatic rings. The van der Waals surface area contributed by atoms with Crippen LogP contribution in [0.5, 0.6) is 11.5 Å². The Kier molecular flexibility index (Phi) is 5.30. The molecule has 1 aliphatic rings. The zero-order valence-corrected chi connectivity index (χ0v) is 15.7. The number of halogens is 1. The second kappa shape index (κ2) is 8.01. The molecular formula is C22H20FNO2S. The Morgan fingerprint density at radius 3 is 2.67 bits per heavy atom. The Morgan fingerprint density at radius 1 is 1.00 bits per heavy atom. The highest BCUT2D eigenvalue weighted by Crippen LogP contribution is 2.31. The van der Waals surface area contributed by atoms with Crippen LogP contribution in [0.25, 0.3) is 0 Å². The first-order valence-electron chi connectivity index (χ1n) is 9.07. The van der Waals surface area contributed by atoms with Crippen LogP contribution in [0.2, 0.25) is 0 Å². The summed E-state index contributed by atoms with van der Waals surface area (Å²) in [6.07, 6.45) is 4.35. The highest BCUT2D eigenvalue weighted by Gasteiger charge is 2.15. The van der Waals surface area contributed by atoms with Gasteiger partial charge in [0.1, 0.15) is 17.3 Å². The van der Waals surface area contributed by atoms with Crippen LogP contribution in [-0.4, -0.2) is 4.98 Å². The fraction of sp³-hybridized carbons (Fsp3) is 0.227. The van der Waals surface area contributed by atoms with Crippen molar-refractivity contribution in [3.05, 3.63) is 87.5 Å². The normalized spacial score (nSPS) is 13.2. The number of rotatable bonds is 5. The van der Waals surface area contributed by atoms with Crippen molar-refractivity contribution in [3.8, 4) is 11.5 Å². The lowest BCUT2D eigenvalue weighted by molar-refractivity contribution is 0.480. The molecule has 27 heavy (non-hydrogen) atoms. The number of pyridine rings is 1. The van der Waals surface area contributed by atoms with Gasteiger partial charge in [-0.25, -0.2) is 4.39 Å². The van der Waals surface area contributed by atoms with Crippen molar-refractivity contribution in [2.24, 2.45) is 0 Å². The topological polar surface area (TPSA) is 42.1 Å². The summed E-state index contributed by atoms with van der Waals surface area (Å²) in [7, 11) is 0. The Bertz CT molecular complexity index is 998. The summed E-state index contributed by atoms with van der Waals surface area (Å²) in [6.45, 7) is 0. The first-order chi connectivity index (χ1) is 13.2. The van der Waals surface area contributed by atoms with Gasteiger partial charge >= 0.3 is 0 Å². The molecule has 0 aliphatic heterocycles. The van der Waals surface area contributed by atoms with Crippen molar-refractivity contribution >= 4 is 11.8 Å². The molecule has 2 aromatic carbocycles. The second-order valence-corrected chi connectivity index (χ2v) is 7.65. The number of hydrogen-bond donors (Lipinski definition) is 1. The molecule has 0 saturated heterocycles. The van der Waals surface area contributed by atoms with Gasteiger partial charge in [-0.15, -0.1) is 11.8 Å². The Labute approximate surface area is 161 Å². The number of aryl methyl sites for hydroxylation is 1. The molecule has 5 heteroatoms. The lowest BCUT2D eigenvalue weighted by Crippen LogP contribution is -2.14. The summed E-state index contributed by atoms with van der Waals surface area (Å²) in [4.78, 5) is 14.9. The van der Waals surface area contributed by atoms with Crippen molar-refractivity contribution in [1.82, 2.24) is 4.98 Å². The first kappa shape index (κ1) is 17.9. The third kappa shape index (κ3) is 4.42. The molecule has 1 N–H and O–H groups in total. The summed E-state index contributed by atoms with van der Waals surface area (Å²) < 4.78 is 18.8. The highest BCUT2D eigenvalue weighted by molar-refractivity contribution is 7.98. The smallest absolute Gasteiger partial charge is 0.249 e. The number of aromatic amines is 1. The molecule has 0 atom stereocenters. The van der Waals surface area contributed by atoms with Gasteiger partial charge in [-0.05, 0) is 78.8 Å². The lowest BCUT2D eigenvalue weighted by Gasteiger charge is -2.18. The van der Waals surface area contributed by atoms with Gasteiger partial charge in [0.15, 0.2) is 0 Å². The van der Waals surface area contributed by atoms with Crippen LogP contribution in [0.4, 0.5) is 4.39 Å². The Hall–Kier alpha value is -2.53. The summed E-state index contributed by atoms with van der Waals surface area (Å²) in [5.41, 5.74) is 3.57. The van der Waals surface area contributed by atoms with Gasteiger partial charge in [-0.3, -0.25) is 4.79 Å². The van der Waals surface area contributed by atoms with E-state index in [1.165, 1.54) is 29.7 Å². The molecule has 0 spiro atoms. The van der Waals surface area contributed by atoms with E-state index >= 15 is 0 Å². The summed E-state index contributed by atoms with van der Waals surface area (Å²) in [5, 5.41) is 0.988. The predicted octanol–water partition coefficient (Wildman–Crippen LogP) is 5.48. The van der Waals surface area contributed by atoms with Crippen molar-refractivity contribution < 1.29 is 9.13 Å². The van der Waals surface area contributed by atoms with E-state index in [0.29, 0.717) is 11.5 Å². The molecule has 0 saturated carbocycles. The molecule has 3 nitrogen and oxygen atoms in total. The molecule has 0 bridgehead atoms. The summed E-state index contributed by atoms with van der Waals surface area (Å²) in [6, 6.07) is 15.6. The lowest BCUT2D eigenvalue weighted by atomic mass is 9.93. The zero-order valence-electron chi connectivity index (χ0n) is 14.8. The predicted molar refractivity (Wildman–Crippen MR) is 106 cm³/mol. The molecular weight excluding hydrogens is 361 g/mol. The number of hydrogen-bond acceptors (Lipinski definition) is 3. The van der Waals surface area contributed by atoms with E-state index in [0.717, 1.165) is 35.6 Å². The van der Waals surface area contributed by atoms with Crippen LogP contribution >= 0.6 is 11.8 Å². The van der Waals surface area contributed by atoms with Gasteiger partial charge in [0, 0.05) is 11.8 Å². The Morgan fingerprint density at radius 2 is 1.81 bits per heavy atom. The molecule has 0 radical (unpaired) electrons. The minimum absolute atomic E-state index is 0.0217. The van der Waals surface area contributed by atoms with E-state index < -0.39 is 0 Å². The van der Waals surface area contributed by atoms with Gasteiger partial charge in [-0.1, -0.05) is 12.1 Å². The average molecular weight is 381 g/mol. The number of benzene rings is 2. The number of aromatic nitrogens is 1. The van der Waals surface area contributed by atoms with Crippen LogP contribution < -0.4 is 10.3 Å². The standard InChI is InChI=1S/C22H20FNO2S/c23-17-8-10-18(11-9-17)26-19-6-3-4-15(12-19)14-27-22-20-7-2-1-5-16(20)13-21(25)24-22/h3-4,6,8-13H,1-2,5,7,14H2,(H,24,25). The Balaban J connectivity index is 1.48. The molecule has 0 amide bonds. The quantitative estimate of drug-likeness (QED) is 0.595. The molecule has 1 heterocycles. The number of H-pyrrole nitrogens is 1. The fourth-order valence-electron chi connectivity index (χ4n) is 3.35. The molecule has 1 aromatic heterocycles. The van der Waals surface area contributed by atoms with Crippen molar-refractivity contribution in [2.75, 3.05) is 0 Å². The molecule has 138 valence electrons. The summed E-state index contributed by atoms with van der Waals surface area (Å²) >= 11 is 1.66. The third-order valence-corrected chi connectivity index (χ3v) is 5.77. The number of nitrogens with one attached hydrogen (secondary N) is 1. The largest absolute Gasteiger partial charge is 0.457 e. The fourth-order valence-corrected chi connectivity index (χ4v) is 4.42. The molecule has 1 aliphatic carbocycles. The van der Waals surface area contributed by atoms with E-state index in [2.05, 4.69) is 4.98 Å². The SMILES string of the molecule is O=c1cc2c(c(SCc3cccc(Oc4ccc(F)cc4)c3)[nH]1)CCCC2. The first-order valence-corrected chi connectivity index (χ1v) is 10.1. The van der Waals surface area contributed by atoms with Gasteiger partial charge in [0.05, 0.1) is 5.03 Å². The maximum atomic E-state index is 13.0. The maximum absolute atomic E-state index is 13.0. The van der Waals surface area contributed by atoms with Crippen LogP contribution in [0.15, 0.2) is 64.4 Å². The van der Waals surface area contributed by atoms with E-state index in [1.54, 1.807) is 30.0 Å². The number of fused-ring (bicyclic) bond motifs is 1. The summed E-state index contributed by atoms with van der Waals surface area (Å²) in [5.74, 6) is 1.77. The molecule has 0 unspecified atom stereocenters. The van der Waals surface area contributed by atoms with E-state index in [-0.39, 0.29) is 11.4 Å². The minimum atomic E-state index is -0.285. The number of thioether (sulfide) groups is 1. The third-order valence-electron chi connectivity index (χ3n) is 4.66. The van der Waals surface area contributed by atoms with Crippen LogP contribution in [0.1, 0.15) is 29.5 Å². The monoisotopic (exact) mass is 381 g/mol. The van der Waals surface area contributed by atoms with Crippen molar-refractivity contribution in [3.63, 3.8) is 0 Å². The number of ether oxygens (including phenoxy) is 1. The van der Waals surface area contributed by atoms with Crippen LogP contribution in [-0.2, 0) is 18.6 Å². The average Bonchev–Trinajstić information content (AvgIpc) is 2.68. The van der Waals surface area contributed by atoms with Crippen LogP contribution in [0.3, 0.4) is 0 Å².